The minimum Gasteiger partial charge on any atom is -0.391 e. The number of aliphatic hydroxyl groups excluding tert-OH is 1. The molecule has 0 aromatic heterocycles. The van der Waals surface area contributed by atoms with E-state index in [1.807, 2.05) is 0 Å². The first-order valence-electron chi connectivity index (χ1n) is 6.03. The summed E-state index contributed by atoms with van der Waals surface area (Å²) in [4.78, 5) is 11.3. The van der Waals surface area contributed by atoms with Gasteiger partial charge in [0, 0.05) is 6.92 Å². The molecule has 3 nitrogen and oxygen atoms in total. The summed E-state index contributed by atoms with van der Waals surface area (Å²) in [7, 11) is 2.12. The molecule has 1 rings (SSSR count). The first-order chi connectivity index (χ1) is 7.08. The summed E-state index contributed by atoms with van der Waals surface area (Å²) >= 11 is 0. The van der Waals surface area contributed by atoms with Crippen LogP contribution in [-0.4, -0.2) is 48.2 Å². The number of nitrogens with zero attached hydrogens (tertiary/aromatic N) is 1. The molecule has 1 aliphatic rings. The van der Waals surface area contributed by atoms with Gasteiger partial charge in [-0.2, -0.15) is 0 Å². The van der Waals surface area contributed by atoms with E-state index in [0.29, 0.717) is 19.1 Å². The van der Waals surface area contributed by atoms with Crippen molar-refractivity contribution in [1.82, 2.24) is 0 Å². The van der Waals surface area contributed by atoms with Crippen molar-refractivity contribution in [2.75, 3.05) is 26.7 Å². The number of rotatable bonds is 5. The average molecular weight is 214 g/mol. The van der Waals surface area contributed by atoms with E-state index in [1.165, 1.54) is 32.1 Å². The largest absolute Gasteiger partial charge is 0.391 e. The van der Waals surface area contributed by atoms with E-state index in [4.69, 9.17) is 5.11 Å². The number of Topliss-reactive ketones (excluding diaryl/α,β-unsaturated/α-hetero) is 1. The number of carbonyl (C=O) groups is 1. The lowest BCUT2D eigenvalue weighted by Gasteiger charge is -2.42. The number of likely N-dealkylation sites (N-methyl/N-ethyl adjacent to an activating group) is 1. The van der Waals surface area contributed by atoms with Crippen LogP contribution in [0, 0.1) is 0 Å². The number of carbonyl (C=O) groups excluding carboxylic acids is 1. The summed E-state index contributed by atoms with van der Waals surface area (Å²) in [6.07, 6.45) is 6.31. The average Bonchev–Trinajstić information content (AvgIpc) is 2.18. The van der Waals surface area contributed by atoms with Crippen molar-refractivity contribution in [3.63, 3.8) is 0 Å². The molecule has 1 saturated carbocycles. The molecule has 0 aromatic rings. The molecule has 3 heteroatoms. The highest BCUT2D eigenvalue weighted by Gasteiger charge is 2.34. The maximum Gasteiger partial charge on any atom is 0.183 e. The summed E-state index contributed by atoms with van der Waals surface area (Å²) in [5.74, 6) is 0.233. The van der Waals surface area contributed by atoms with E-state index < -0.39 is 0 Å². The zero-order chi connectivity index (χ0) is 11.3. The Kier molecular flexibility index (Phi) is 4.74. The number of quaternary nitrogens is 1. The topological polar surface area (TPSA) is 37.3 Å². The second-order valence-electron chi connectivity index (χ2n) is 5.08. The van der Waals surface area contributed by atoms with Crippen LogP contribution in [0.5, 0.6) is 0 Å². The van der Waals surface area contributed by atoms with E-state index in [0.717, 1.165) is 4.48 Å². The standard InChI is InChI=1S/C12H24NO2/c1-11(15)10-13(2,8-9-14)12-6-4-3-5-7-12/h12,14H,3-10H2,1-2H3/q+1. The third kappa shape index (κ3) is 3.58. The number of ketones is 1. The monoisotopic (exact) mass is 214 g/mol. The van der Waals surface area contributed by atoms with Crippen LogP contribution in [0.1, 0.15) is 39.0 Å². The Morgan fingerprint density at radius 1 is 1.33 bits per heavy atom. The van der Waals surface area contributed by atoms with Gasteiger partial charge < -0.3 is 9.59 Å². The fourth-order valence-electron chi connectivity index (χ4n) is 2.83. The quantitative estimate of drug-likeness (QED) is 0.701. The van der Waals surface area contributed by atoms with Gasteiger partial charge in [0.15, 0.2) is 5.78 Å². The first kappa shape index (κ1) is 12.7. The molecule has 88 valence electrons. The molecule has 0 aliphatic heterocycles. The summed E-state index contributed by atoms with van der Waals surface area (Å²) in [6.45, 7) is 3.12. The molecule has 0 saturated heterocycles. The number of hydrogen-bond acceptors (Lipinski definition) is 2. The molecule has 1 aliphatic carbocycles. The lowest BCUT2D eigenvalue weighted by molar-refractivity contribution is -0.927. The molecule has 15 heavy (non-hydrogen) atoms. The van der Waals surface area contributed by atoms with Crippen LogP contribution in [0.2, 0.25) is 0 Å². The Bertz CT molecular complexity index is 212. The summed E-state index contributed by atoms with van der Waals surface area (Å²) in [6, 6.07) is 0.579. The zero-order valence-electron chi connectivity index (χ0n) is 10.0. The molecular formula is C12H24NO2+. The molecular weight excluding hydrogens is 190 g/mol. The van der Waals surface area contributed by atoms with Gasteiger partial charge in [0.05, 0.1) is 19.7 Å². The van der Waals surface area contributed by atoms with Gasteiger partial charge in [-0.25, -0.2) is 0 Å². The summed E-state index contributed by atoms with van der Waals surface area (Å²) < 4.78 is 0.742. The van der Waals surface area contributed by atoms with Gasteiger partial charge in [0.1, 0.15) is 13.1 Å². The predicted octanol–water partition coefficient (Wildman–Crippen LogP) is 1.35. The highest BCUT2D eigenvalue weighted by Crippen LogP contribution is 2.26. The zero-order valence-corrected chi connectivity index (χ0v) is 10.0. The molecule has 0 amide bonds. The Hall–Kier alpha value is -0.410. The van der Waals surface area contributed by atoms with E-state index in [1.54, 1.807) is 6.92 Å². The van der Waals surface area contributed by atoms with E-state index in [9.17, 15) is 4.79 Å². The van der Waals surface area contributed by atoms with Crippen LogP contribution < -0.4 is 0 Å². The molecule has 1 N–H and O–H groups in total. The Morgan fingerprint density at radius 3 is 2.40 bits per heavy atom. The van der Waals surface area contributed by atoms with Crippen molar-refractivity contribution in [2.24, 2.45) is 0 Å². The van der Waals surface area contributed by atoms with Crippen LogP contribution in [0.4, 0.5) is 0 Å². The van der Waals surface area contributed by atoms with E-state index in [-0.39, 0.29) is 12.4 Å². The summed E-state index contributed by atoms with van der Waals surface area (Å²) in [5, 5.41) is 9.12. The van der Waals surface area contributed by atoms with Gasteiger partial charge in [0.25, 0.3) is 0 Å². The van der Waals surface area contributed by atoms with Gasteiger partial charge in [-0.15, -0.1) is 0 Å². The molecule has 1 fully saturated rings. The van der Waals surface area contributed by atoms with Crippen molar-refractivity contribution in [2.45, 2.75) is 45.1 Å². The maximum atomic E-state index is 11.3. The van der Waals surface area contributed by atoms with Crippen LogP contribution in [0.15, 0.2) is 0 Å². The number of hydrogen-bond donors (Lipinski definition) is 1. The minimum atomic E-state index is 0.181. The third-order valence-electron chi connectivity index (χ3n) is 3.65. The molecule has 1 unspecified atom stereocenters. The van der Waals surface area contributed by atoms with E-state index in [2.05, 4.69) is 7.05 Å². The second kappa shape index (κ2) is 5.61. The predicted molar refractivity (Wildman–Crippen MR) is 60.6 cm³/mol. The molecule has 0 heterocycles. The molecule has 0 radical (unpaired) electrons. The Labute approximate surface area is 92.7 Å². The second-order valence-corrected chi connectivity index (χ2v) is 5.08. The highest BCUT2D eigenvalue weighted by molar-refractivity contribution is 5.76. The molecule has 0 spiro atoms. The van der Waals surface area contributed by atoms with Gasteiger partial charge >= 0.3 is 0 Å². The first-order valence-corrected chi connectivity index (χ1v) is 6.03. The SMILES string of the molecule is CC(=O)C[N+](C)(CCO)C1CCCCC1. The lowest BCUT2D eigenvalue weighted by atomic mass is 9.92. The third-order valence-corrected chi connectivity index (χ3v) is 3.65. The van der Waals surface area contributed by atoms with Crippen molar-refractivity contribution in [3.8, 4) is 0 Å². The Morgan fingerprint density at radius 2 is 1.93 bits per heavy atom. The van der Waals surface area contributed by atoms with Crippen molar-refractivity contribution in [1.29, 1.82) is 0 Å². The van der Waals surface area contributed by atoms with Crippen molar-refractivity contribution < 1.29 is 14.4 Å². The fourth-order valence-corrected chi connectivity index (χ4v) is 2.83. The molecule has 0 aromatic carbocycles. The number of aliphatic hydroxyl groups is 1. The minimum absolute atomic E-state index is 0.181. The fraction of sp³-hybridized carbons (Fsp3) is 0.917. The van der Waals surface area contributed by atoms with Gasteiger partial charge in [-0.1, -0.05) is 6.42 Å². The Balaban J connectivity index is 2.64. The van der Waals surface area contributed by atoms with Crippen LogP contribution in [0.25, 0.3) is 0 Å². The van der Waals surface area contributed by atoms with Crippen LogP contribution >= 0.6 is 0 Å². The van der Waals surface area contributed by atoms with Gasteiger partial charge in [0.2, 0.25) is 0 Å². The lowest BCUT2D eigenvalue weighted by Crippen LogP contribution is -2.56. The van der Waals surface area contributed by atoms with Crippen molar-refractivity contribution in [3.05, 3.63) is 0 Å². The normalized spacial score (nSPS) is 22.3. The smallest absolute Gasteiger partial charge is 0.183 e. The maximum absolute atomic E-state index is 11.3. The van der Waals surface area contributed by atoms with Gasteiger partial charge in [-0.05, 0) is 25.7 Å². The van der Waals surface area contributed by atoms with Gasteiger partial charge in [-0.3, -0.25) is 4.79 Å². The molecule has 0 bridgehead atoms. The van der Waals surface area contributed by atoms with Crippen LogP contribution in [-0.2, 0) is 4.79 Å². The highest BCUT2D eigenvalue weighted by atomic mass is 16.3. The van der Waals surface area contributed by atoms with Crippen LogP contribution in [0.3, 0.4) is 0 Å². The molecule has 1 atom stereocenters. The van der Waals surface area contributed by atoms with E-state index >= 15 is 0 Å². The summed E-state index contributed by atoms with van der Waals surface area (Å²) in [5.41, 5.74) is 0. The van der Waals surface area contributed by atoms with Crippen molar-refractivity contribution >= 4 is 5.78 Å².